The fraction of sp³-hybridized carbons (Fsp3) is 0.429. The van der Waals surface area contributed by atoms with Crippen molar-refractivity contribution in [3.63, 3.8) is 0 Å². The third-order valence-corrected chi connectivity index (χ3v) is 3.05. The van der Waals surface area contributed by atoms with Crippen molar-refractivity contribution in [1.82, 2.24) is 5.32 Å². The van der Waals surface area contributed by atoms with Crippen molar-refractivity contribution >= 4 is 17.7 Å². The normalized spacial score (nSPS) is 17.7. The summed E-state index contributed by atoms with van der Waals surface area (Å²) in [6, 6.07) is 6.49. The number of aliphatic carboxylic acids is 1. The Kier molecular flexibility index (Phi) is 4.95. The van der Waals surface area contributed by atoms with Crippen LogP contribution in [0, 0.1) is 0 Å². The molecule has 0 aromatic heterocycles. The average Bonchev–Trinajstić information content (AvgIpc) is 2.89. The molecule has 2 rings (SSSR count). The van der Waals surface area contributed by atoms with Gasteiger partial charge in [-0.3, -0.25) is 4.79 Å². The molecule has 1 aromatic carbocycles. The van der Waals surface area contributed by atoms with Gasteiger partial charge in [-0.05, 0) is 30.5 Å². The average molecular weight is 278 g/mol. The number of urea groups is 1. The molecule has 1 saturated heterocycles. The highest BCUT2D eigenvalue weighted by molar-refractivity contribution is 5.89. The fourth-order valence-electron chi connectivity index (χ4n) is 2.12. The number of hydrogen-bond donors (Lipinski definition) is 3. The van der Waals surface area contributed by atoms with E-state index in [-0.39, 0.29) is 18.6 Å². The van der Waals surface area contributed by atoms with E-state index in [4.69, 9.17) is 9.84 Å². The van der Waals surface area contributed by atoms with Gasteiger partial charge in [0.1, 0.15) is 0 Å². The number of hydrogen-bond acceptors (Lipinski definition) is 3. The Morgan fingerprint density at radius 3 is 2.95 bits per heavy atom. The molecule has 1 unspecified atom stereocenters. The van der Waals surface area contributed by atoms with E-state index in [1.165, 1.54) is 0 Å². The quantitative estimate of drug-likeness (QED) is 0.763. The molecular formula is C14H18N2O4. The Hall–Kier alpha value is -2.08. The molecule has 108 valence electrons. The summed E-state index contributed by atoms with van der Waals surface area (Å²) in [5.74, 6) is -0.898. The molecule has 0 bridgehead atoms. The van der Waals surface area contributed by atoms with Crippen LogP contribution in [0.4, 0.5) is 10.5 Å². The number of ether oxygens (including phenoxy) is 1. The molecule has 6 nitrogen and oxygen atoms in total. The highest BCUT2D eigenvalue weighted by Crippen LogP contribution is 2.12. The van der Waals surface area contributed by atoms with Gasteiger partial charge in [0.2, 0.25) is 0 Å². The second-order valence-corrected chi connectivity index (χ2v) is 4.74. The van der Waals surface area contributed by atoms with Crippen molar-refractivity contribution in [3.05, 3.63) is 29.8 Å². The number of anilines is 1. The maximum atomic E-state index is 11.7. The molecule has 20 heavy (non-hydrogen) atoms. The molecule has 0 aliphatic carbocycles. The molecule has 1 atom stereocenters. The van der Waals surface area contributed by atoms with Crippen LogP contribution in [0.15, 0.2) is 24.3 Å². The van der Waals surface area contributed by atoms with Crippen LogP contribution in [0.3, 0.4) is 0 Å². The molecule has 1 aliphatic rings. The smallest absolute Gasteiger partial charge is 0.319 e. The summed E-state index contributed by atoms with van der Waals surface area (Å²) >= 11 is 0. The minimum absolute atomic E-state index is 0.0624. The van der Waals surface area contributed by atoms with Crippen LogP contribution in [0.1, 0.15) is 18.4 Å². The van der Waals surface area contributed by atoms with Gasteiger partial charge in [0, 0.05) is 18.8 Å². The molecule has 1 aromatic rings. The van der Waals surface area contributed by atoms with Crippen molar-refractivity contribution in [3.8, 4) is 0 Å². The first-order valence-corrected chi connectivity index (χ1v) is 6.60. The number of carboxylic acids is 1. The molecule has 1 heterocycles. The van der Waals surface area contributed by atoms with E-state index in [1.807, 2.05) is 0 Å². The monoisotopic (exact) mass is 278 g/mol. The number of nitrogens with one attached hydrogen (secondary N) is 2. The summed E-state index contributed by atoms with van der Waals surface area (Å²) in [4.78, 5) is 22.3. The number of carboxylic acid groups (broad SMARTS) is 1. The predicted octanol–water partition coefficient (Wildman–Crippen LogP) is 1.61. The highest BCUT2D eigenvalue weighted by Gasteiger charge is 2.16. The van der Waals surface area contributed by atoms with Crippen molar-refractivity contribution in [2.75, 3.05) is 18.5 Å². The van der Waals surface area contributed by atoms with E-state index in [2.05, 4.69) is 10.6 Å². The van der Waals surface area contributed by atoms with Crippen LogP contribution in [0.2, 0.25) is 0 Å². The Balaban J connectivity index is 1.82. The lowest BCUT2D eigenvalue weighted by Gasteiger charge is -2.12. The van der Waals surface area contributed by atoms with E-state index in [0.717, 1.165) is 19.4 Å². The second kappa shape index (κ2) is 6.91. The summed E-state index contributed by atoms with van der Waals surface area (Å²) in [5, 5.41) is 14.2. The summed E-state index contributed by atoms with van der Waals surface area (Å²) in [5.41, 5.74) is 1.23. The molecule has 0 radical (unpaired) electrons. The third-order valence-electron chi connectivity index (χ3n) is 3.05. The zero-order chi connectivity index (χ0) is 14.4. The first-order valence-electron chi connectivity index (χ1n) is 6.60. The number of carbonyl (C=O) groups is 2. The number of carbonyl (C=O) groups excluding carboxylic acids is 1. The van der Waals surface area contributed by atoms with E-state index in [1.54, 1.807) is 24.3 Å². The van der Waals surface area contributed by atoms with Crippen LogP contribution < -0.4 is 10.6 Å². The van der Waals surface area contributed by atoms with Gasteiger partial charge in [-0.15, -0.1) is 0 Å². The zero-order valence-electron chi connectivity index (χ0n) is 11.1. The maximum Gasteiger partial charge on any atom is 0.319 e. The molecule has 2 amide bonds. The van der Waals surface area contributed by atoms with Gasteiger partial charge in [0.15, 0.2) is 0 Å². The van der Waals surface area contributed by atoms with Gasteiger partial charge in [0.05, 0.1) is 12.5 Å². The number of benzene rings is 1. The summed E-state index contributed by atoms with van der Waals surface area (Å²) in [6.45, 7) is 1.24. The Morgan fingerprint density at radius 1 is 1.40 bits per heavy atom. The van der Waals surface area contributed by atoms with Gasteiger partial charge >= 0.3 is 12.0 Å². The lowest BCUT2D eigenvalue weighted by atomic mass is 10.1. The minimum atomic E-state index is -0.898. The van der Waals surface area contributed by atoms with Crippen molar-refractivity contribution in [1.29, 1.82) is 0 Å². The second-order valence-electron chi connectivity index (χ2n) is 4.74. The van der Waals surface area contributed by atoms with Crippen LogP contribution in [0.5, 0.6) is 0 Å². The first-order chi connectivity index (χ1) is 9.63. The molecule has 0 saturated carbocycles. The predicted molar refractivity (Wildman–Crippen MR) is 73.8 cm³/mol. The lowest BCUT2D eigenvalue weighted by molar-refractivity contribution is -0.136. The van der Waals surface area contributed by atoms with Gasteiger partial charge in [0.25, 0.3) is 0 Å². The van der Waals surface area contributed by atoms with E-state index in [0.29, 0.717) is 17.8 Å². The zero-order valence-corrected chi connectivity index (χ0v) is 11.1. The molecule has 6 heteroatoms. The van der Waals surface area contributed by atoms with Crippen molar-refractivity contribution in [2.24, 2.45) is 0 Å². The Labute approximate surface area is 117 Å². The number of rotatable bonds is 5. The Morgan fingerprint density at radius 2 is 2.25 bits per heavy atom. The standard InChI is InChI=1S/C14H18N2O4/c17-13(18)8-10-3-1-4-11(7-10)16-14(19)15-9-12-5-2-6-20-12/h1,3-4,7,12H,2,5-6,8-9H2,(H,17,18)(H2,15,16,19). The first kappa shape index (κ1) is 14.3. The summed E-state index contributed by atoms with van der Waals surface area (Å²) in [7, 11) is 0. The third kappa shape index (κ3) is 4.55. The molecule has 3 N–H and O–H groups in total. The highest BCUT2D eigenvalue weighted by atomic mass is 16.5. The summed E-state index contributed by atoms with van der Waals surface area (Å²) < 4.78 is 5.41. The SMILES string of the molecule is O=C(O)Cc1cccc(NC(=O)NCC2CCCO2)c1. The topological polar surface area (TPSA) is 87.7 Å². The van der Waals surface area contributed by atoms with E-state index in [9.17, 15) is 9.59 Å². The van der Waals surface area contributed by atoms with Crippen LogP contribution in [-0.4, -0.2) is 36.4 Å². The maximum absolute atomic E-state index is 11.7. The van der Waals surface area contributed by atoms with E-state index < -0.39 is 5.97 Å². The van der Waals surface area contributed by atoms with Gasteiger partial charge < -0.3 is 20.5 Å². The minimum Gasteiger partial charge on any atom is -0.481 e. The van der Waals surface area contributed by atoms with E-state index >= 15 is 0 Å². The fourth-order valence-corrected chi connectivity index (χ4v) is 2.12. The van der Waals surface area contributed by atoms with Crippen molar-refractivity contribution < 1.29 is 19.4 Å². The summed E-state index contributed by atoms with van der Waals surface area (Å²) in [6.07, 6.45) is 2.03. The van der Waals surface area contributed by atoms with Gasteiger partial charge in [-0.2, -0.15) is 0 Å². The largest absolute Gasteiger partial charge is 0.481 e. The number of amides is 2. The van der Waals surface area contributed by atoms with Gasteiger partial charge in [-0.1, -0.05) is 12.1 Å². The van der Waals surface area contributed by atoms with Crippen molar-refractivity contribution in [2.45, 2.75) is 25.4 Å². The van der Waals surface area contributed by atoms with Crippen LogP contribution in [-0.2, 0) is 16.0 Å². The molecule has 1 aliphatic heterocycles. The van der Waals surface area contributed by atoms with Crippen LogP contribution >= 0.6 is 0 Å². The molecule has 0 spiro atoms. The molecular weight excluding hydrogens is 260 g/mol. The van der Waals surface area contributed by atoms with Crippen LogP contribution in [0.25, 0.3) is 0 Å². The molecule has 1 fully saturated rings. The Bertz CT molecular complexity index is 484. The van der Waals surface area contributed by atoms with Gasteiger partial charge in [-0.25, -0.2) is 4.79 Å². The lowest BCUT2D eigenvalue weighted by Crippen LogP contribution is -2.35.